The molecule has 30 heavy (non-hydrogen) atoms. The van der Waals surface area contributed by atoms with Crippen molar-refractivity contribution in [2.45, 2.75) is 18.1 Å². The fraction of sp³-hybridized carbons (Fsp3) is 0.238. The summed E-state index contributed by atoms with van der Waals surface area (Å²) in [6.07, 6.45) is 0. The van der Waals surface area contributed by atoms with E-state index in [4.69, 9.17) is 4.74 Å². The molecular weight excluding hydrogens is 407 g/mol. The molecule has 0 saturated heterocycles. The summed E-state index contributed by atoms with van der Waals surface area (Å²) >= 11 is 1.25. The van der Waals surface area contributed by atoms with Crippen molar-refractivity contribution in [2.75, 3.05) is 12.9 Å². The monoisotopic (exact) mass is 428 g/mol. The molecule has 2 aromatic carbocycles. The maximum atomic E-state index is 13.8. The number of hydrogen-bond acceptors (Lipinski definition) is 6. The highest BCUT2D eigenvalue weighted by Gasteiger charge is 2.20. The van der Waals surface area contributed by atoms with E-state index in [-0.39, 0.29) is 17.1 Å². The second-order valence-electron chi connectivity index (χ2n) is 6.52. The van der Waals surface area contributed by atoms with Gasteiger partial charge in [0.25, 0.3) is 5.91 Å². The molecule has 1 N–H and O–H groups in total. The first kappa shape index (κ1) is 21.5. The first-order valence-electron chi connectivity index (χ1n) is 9.15. The molecule has 0 radical (unpaired) electrons. The average Bonchev–Trinajstić information content (AvgIpc) is 3.12. The lowest BCUT2D eigenvalue weighted by Crippen LogP contribution is -2.29. The first-order chi connectivity index (χ1) is 14.4. The zero-order chi connectivity index (χ0) is 21.7. The molecule has 0 spiro atoms. The van der Waals surface area contributed by atoms with Gasteiger partial charge in [-0.1, -0.05) is 36.0 Å². The van der Waals surface area contributed by atoms with Crippen LogP contribution in [-0.4, -0.2) is 39.3 Å². The Balaban J connectivity index is 1.64. The van der Waals surface area contributed by atoms with Crippen molar-refractivity contribution in [3.63, 3.8) is 0 Å². The van der Waals surface area contributed by atoms with Crippen molar-refractivity contribution in [2.24, 2.45) is 7.05 Å². The van der Waals surface area contributed by atoms with Crippen LogP contribution < -0.4 is 10.1 Å². The van der Waals surface area contributed by atoms with E-state index in [0.29, 0.717) is 22.3 Å². The number of amides is 1. The molecule has 3 aromatic rings. The normalized spacial score (nSPS) is 11.7. The Hall–Kier alpha value is -3.20. The third-order valence-corrected chi connectivity index (χ3v) is 5.47. The van der Waals surface area contributed by atoms with Crippen LogP contribution >= 0.6 is 11.8 Å². The van der Waals surface area contributed by atoms with E-state index in [2.05, 4.69) is 15.5 Å². The summed E-state index contributed by atoms with van der Waals surface area (Å²) < 4.78 is 20.7. The van der Waals surface area contributed by atoms with E-state index in [1.165, 1.54) is 30.0 Å². The van der Waals surface area contributed by atoms with E-state index < -0.39 is 17.8 Å². The number of hydrogen-bond donors (Lipinski definition) is 1. The molecule has 0 fully saturated rings. The third-order valence-electron chi connectivity index (χ3n) is 4.45. The van der Waals surface area contributed by atoms with Crippen molar-refractivity contribution in [3.05, 3.63) is 71.3 Å². The number of benzene rings is 2. The summed E-state index contributed by atoms with van der Waals surface area (Å²) in [5.41, 5.74) is 0.514. The van der Waals surface area contributed by atoms with Gasteiger partial charge in [0.15, 0.2) is 16.8 Å². The predicted molar refractivity (Wildman–Crippen MR) is 111 cm³/mol. The maximum Gasteiger partial charge on any atom is 0.254 e. The maximum absolute atomic E-state index is 13.8. The number of rotatable bonds is 8. The second kappa shape index (κ2) is 9.53. The van der Waals surface area contributed by atoms with Crippen molar-refractivity contribution in [1.29, 1.82) is 0 Å². The Morgan fingerprint density at radius 1 is 1.20 bits per heavy atom. The van der Waals surface area contributed by atoms with E-state index in [9.17, 15) is 14.0 Å². The summed E-state index contributed by atoms with van der Waals surface area (Å²) in [6, 6.07) is 12.2. The highest BCUT2D eigenvalue weighted by molar-refractivity contribution is 7.99. The van der Waals surface area contributed by atoms with E-state index in [1.807, 2.05) is 0 Å². The van der Waals surface area contributed by atoms with Crippen LogP contribution in [0.1, 0.15) is 39.5 Å². The van der Waals surface area contributed by atoms with Gasteiger partial charge in [-0.25, -0.2) is 4.39 Å². The Labute approximate surface area is 177 Å². The summed E-state index contributed by atoms with van der Waals surface area (Å²) in [4.78, 5) is 24.8. The molecule has 0 bridgehead atoms. The minimum atomic E-state index is -0.590. The number of ketones is 1. The standard InChI is InChI=1S/C21H21FN4O3S/c1-13(23-20(28)16-9-4-5-10-17(16)22)19-24-25-21(26(19)2)30-12-18(27)14-7-6-8-15(11-14)29-3/h4-11,13H,12H2,1-3H3,(H,23,28)/t13-/m0/s1. The first-order valence-corrected chi connectivity index (χ1v) is 10.1. The highest BCUT2D eigenvalue weighted by Crippen LogP contribution is 2.22. The summed E-state index contributed by atoms with van der Waals surface area (Å²) in [5.74, 6) is 0.0971. The van der Waals surface area contributed by atoms with Gasteiger partial charge in [-0.2, -0.15) is 0 Å². The molecular formula is C21H21FN4O3S. The smallest absolute Gasteiger partial charge is 0.254 e. The minimum Gasteiger partial charge on any atom is -0.497 e. The summed E-state index contributed by atoms with van der Waals surface area (Å²) in [7, 11) is 3.30. The number of nitrogens with one attached hydrogen (secondary N) is 1. The average molecular weight is 428 g/mol. The van der Waals surface area contributed by atoms with Crippen molar-refractivity contribution >= 4 is 23.5 Å². The molecule has 1 atom stereocenters. The Bertz CT molecular complexity index is 1070. The number of carbonyl (C=O) groups is 2. The lowest BCUT2D eigenvalue weighted by Gasteiger charge is -2.14. The largest absolute Gasteiger partial charge is 0.497 e. The highest BCUT2D eigenvalue weighted by atomic mass is 32.2. The molecule has 3 rings (SSSR count). The zero-order valence-electron chi connectivity index (χ0n) is 16.8. The molecule has 0 aliphatic heterocycles. The van der Waals surface area contributed by atoms with Crippen LogP contribution in [0, 0.1) is 5.82 Å². The molecule has 7 nitrogen and oxygen atoms in total. The van der Waals surface area contributed by atoms with Crippen LogP contribution in [0.4, 0.5) is 4.39 Å². The number of carbonyl (C=O) groups excluding carboxylic acids is 2. The van der Waals surface area contributed by atoms with E-state index >= 15 is 0 Å². The Morgan fingerprint density at radius 3 is 2.70 bits per heavy atom. The molecule has 0 saturated carbocycles. The fourth-order valence-electron chi connectivity index (χ4n) is 2.82. The van der Waals surface area contributed by atoms with Gasteiger partial charge in [0, 0.05) is 12.6 Å². The molecule has 0 aliphatic carbocycles. The van der Waals surface area contributed by atoms with Gasteiger partial charge in [-0.3, -0.25) is 9.59 Å². The minimum absolute atomic E-state index is 0.0370. The second-order valence-corrected chi connectivity index (χ2v) is 7.46. The number of halogens is 1. The van der Waals surface area contributed by atoms with Crippen molar-refractivity contribution in [1.82, 2.24) is 20.1 Å². The van der Waals surface area contributed by atoms with Crippen LogP contribution in [0.2, 0.25) is 0 Å². The third kappa shape index (κ3) is 4.85. The van der Waals surface area contributed by atoms with Crippen molar-refractivity contribution in [3.8, 4) is 5.75 Å². The van der Waals surface area contributed by atoms with Crippen LogP contribution in [-0.2, 0) is 7.05 Å². The van der Waals surface area contributed by atoms with Gasteiger partial charge in [0.05, 0.1) is 24.5 Å². The molecule has 1 aromatic heterocycles. The van der Waals surface area contributed by atoms with Gasteiger partial charge in [-0.15, -0.1) is 10.2 Å². The summed E-state index contributed by atoms with van der Waals surface area (Å²) in [6.45, 7) is 1.73. The van der Waals surface area contributed by atoms with Gasteiger partial charge < -0.3 is 14.6 Å². The SMILES string of the molecule is COc1cccc(C(=O)CSc2nnc([C@H](C)NC(=O)c3ccccc3F)n2C)c1. The van der Waals surface area contributed by atoms with Gasteiger partial charge in [0.1, 0.15) is 11.6 Å². The zero-order valence-corrected chi connectivity index (χ0v) is 17.6. The number of nitrogens with zero attached hydrogens (tertiary/aromatic N) is 3. The Kier molecular flexibility index (Phi) is 6.83. The van der Waals surface area contributed by atoms with Crippen LogP contribution in [0.5, 0.6) is 5.75 Å². The number of aromatic nitrogens is 3. The number of methoxy groups -OCH3 is 1. The molecule has 1 amide bonds. The Morgan fingerprint density at radius 2 is 1.97 bits per heavy atom. The van der Waals surface area contributed by atoms with Gasteiger partial charge >= 0.3 is 0 Å². The van der Waals surface area contributed by atoms with Gasteiger partial charge in [-0.05, 0) is 31.2 Å². The number of Topliss-reactive ketones (excluding diaryl/α,β-unsaturated/α-hetero) is 1. The lowest BCUT2D eigenvalue weighted by atomic mass is 10.1. The topological polar surface area (TPSA) is 86.1 Å². The fourth-order valence-corrected chi connectivity index (χ4v) is 3.64. The molecule has 0 aliphatic rings. The number of thioether (sulfide) groups is 1. The van der Waals surface area contributed by atoms with Crippen LogP contribution in [0.25, 0.3) is 0 Å². The van der Waals surface area contributed by atoms with Crippen LogP contribution in [0.15, 0.2) is 53.7 Å². The predicted octanol–water partition coefficient (Wildman–Crippen LogP) is 3.43. The number of ether oxygens (including phenoxy) is 1. The van der Waals surface area contributed by atoms with Crippen molar-refractivity contribution < 1.29 is 18.7 Å². The van der Waals surface area contributed by atoms with Crippen LogP contribution in [0.3, 0.4) is 0 Å². The quantitative estimate of drug-likeness (QED) is 0.437. The summed E-state index contributed by atoms with van der Waals surface area (Å²) in [5, 5.41) is 11.5. The van der Waals surface area contributed by atoms with Gasteiger partial charge in [0.2, 0.25) is 0 Å². The van der Waals surface area contributed by atoms with E-state index in [0.717, 1.165) is 0 Å². The molecule has 0 unspecified atom stereocenters. The van der Waals surface area contributed by atoms with E-state index in [1.54, 1.807) is 56.0 Å². The lowest BCUT2D eigenvalue weighted by molar-refractivity contribution is 0.0933. The molecule has 9 heteroatoms. The molecule has 156 valence electrons. The molecule has 1 heterocycles.